The molecule has 0 radical (unpaired) electrons. The van der Waals surface area contributed by atoms with Gasteiger partial charge in [-0.3, -0.25) is 0 Å². The Labute approximate surface area is 147 Å². The van der Waals surface area contributed by atoms with E-state index >= 15 is 0 Å². The third-order valence-electron chi connectivity index (χ3n) is 3.37. The van der Waals surface area contributed by atoms with Gasteiger partial charge in [0.15, 0.2) is 0 Å². The fourth-order valence-corrected chi connectivity index (χ4v) is 3.40. The molecule has 3 rings (SSSR count). The van der Waals surface area contributed by atoms with E-state index in [1.54, 1.807) is 0 Å². The number of anilines is 1. The number of hydrogen-bond acceptors (Lipinski definition) is 6. The molecule has 1 aromatic carbocycles. The highest BCUT2D eigenvalue weighted by molar-refractivity contribution is 7.98. The maximum atomic E-state index is 9.23. The summed E-state index contributed by atoms with van der Waals surface area (Å²) in [4.78, 5) is 8.53. The van der Waals surface area contributed by atoms with Crippen molar-refractivity contribution < 1.29 is 0 Å². The summed E-state index contributed by atoms with van der Waals surface area (Å²) in [6.07, 6.45) is 0. The molecule has 0 atom stereocenters. The summed E-state index contributed by atoms with van der Waals surface area (Å²) in [6, 6.07) is 15.1. The number of nitriles is 2. The molecular formula is C17H10ClN5S. The van der Waals surface area contributed by atoms with Crippen LogP contribution in [0.4, 0.5) is 5.82 Å². The van der Waals surface area contributed by atoms with E-state index in [2.05, 4.69) is 9.97 Å². The maximum Gasteiger partial charge on any atom is 0.142 e. The lowest BCUT2D eigenvalue weighted by atomic mass is 10.2. The van der Waals surface area contributed by atoms with Gasteiger partial charge in [0, 0.05) is 16.7 Å². The number of fused-ring (bicyclic) bond motifs is 1. The second-order valence-corrected chi connectivity index (χ2v) is 6.24. The van der Waals surface area contributed by atoms with Crippen LogP contribution in [0.5, 0.6) is 0 Å². The van der Waals surface area contributed by atoms with Crippen LogP contribution in [0.25, 0.3) is 10.9 Å². The summed E-state index contributed by atoms with van der Waals surface area (Å²) in [6.45, 7) is 0. The highest BCUT2D eigenvalue weighted by Crippen LogP contribution is 2.30. The van der Waals surface area contributed by atoms with Crippen LogP contribution in [0.2, 0.25) is 5.15 Å². The number of rotatable bonds is 3. The van der Waals surface area contributed by atoms with Crippen molar-refractivity contribution in [3.8, 4) is 12.1 Å². The highest BCUT2D eigenvalue weighted by Gasteiger charge is 2.12. The third-order valence-corrected chi connectivity index (χ3v) is 4.74. The molecule has 0 amide bonds. The summed E-state index contributed by atoms with van der Waals surface area (Å²) in [5.41, 5.74) is 7.92. The molecule has 0 aliphatic carbocycles. The monoisotopic (exact) mass is 351 g/mol. The number of pyridine rings is 2. The molecule has 2 heterocycles. The Morgan fingerprint density at radius 3 is 2.58 bits per heavy atom. The van der Waals surface area contributed by atoms with Gasteiger partial charge in [0.1, 0.15) is 28.1 Å². The quantitative estimate of drug-likeness (QED) is 0.567. The standard InChI is InChI=1S/C17H10ClN5S/c18-15-13(5-10-3-1-2-4-14(10)22-15)9-24-17-12(8-20)6-11(7-19)16(21)23-17/h1-6H,9H2,(H2,21,23). The van der Waals surface area contributed by atoms with Gasteiger partial charge in [-0.2, -0.15) is 10.5 Å². The number of halogens is 1. The molecule has 0 aliphatic heterocycles. The molecule has 116 valence electrons. The van der Waals surface area contributed by atoms with Crippen molar-refractivity contribution in [3.63, 3.8) is 0 Å². The smallest absolute Gasteiger partial charge is 0.142 e. The van der Waals surface area contributed by atoms with Crippen molar-refractivity contribution in [3.05, 3.63) is 58.2 Å². The maximum absolute atomic E-state index is 9.23. The summed E-state index contributed by atoms with van der Waals surface area (Å²) < 4.78 is 0. The average molecular weight is 352 g/mol. The minimum absolute atomic E-state index is 0.113. The van der Waals surface area contributed by atoms with Crippen LogP contribution >= 0.6 is 23.4 Å². The Morgan fingerprint density at radius 2 is 1.83 bits per heavy atom. The van der Waals surface area contributed by atoms with Crippen LogP contribution in [0.1, 0.15) is 16.7 Å². The topological polar surface area (TPSA) is 99.4 Å². The lowest BCUT2D eigenvalue weighted by Crippen LogP contribution is -1.99. The van der Waals surface area contributed by atoms with Crippen molar-refractivity contribution >= 4 is 40.1 Å². The molecule has 2 N–H and O–H groups in total. The number of aromatic nitrogens is 2. The fourth-order valence-electron chi connectivity index (χ4n) is 2.17. The van der Waals surface area contributed by atoms with Crippen molar-refractivity contribution in [2.75, 3.05) is 5.73 Å². The highest BCUT2D eigenvalue weighted by atomic mass is 35.5. The zero-order chi connectivity index (χ0) is 17.1. The van der Waals surface area contributed by atoms with E-state index in [9.17, 15) is 5.26 Å². The Bertz CT molecular complexity index is 1020. The van der Waals surface area contributed by atoms with E-state index in [4.69, 9.17) is 22.6 Å². The van der Waals surface area contributed by atoms with Crippen LogP contribution in [0.15, 0.2) is 41.4 Å². The van der Waals surface area contributed by atoms with E-state index < -0.39 is 0 Å². The third kappa shape index (κ3) is 3.11. The molecule has 0 saturated carbocycles. The second-order valence-electron chi connectivity index (χ2n) is 4.92. The molecule has 2 aromatic heterocycles. The number of thioether (sulfide) groups is 1. The van der Waals surface area contributed by atoms with Crippen LogP contribution in [0.3, 0.4) is 0 Å². The van der Waals surface area contributed by atoms with Gasteiger partial charge in [0.05, 0.1) is 16.6 Å². The zero-order valence-corrected chi connectivity index (χ0v) is 13.9. The molecule has 0 spiro atoms. The lowest BCUT2D eigenvalue weighted by molar-refractivity contribution is 1.11. The largest absolute Gasteiger partial charge is 0.383 e. The Kier molecular flexibility index (Phi) is 4.52. The van der Waals surface area contributed by atoms with E-state index in [0.717, 1.165) is 16.5 Å². The number of nitrogen functional groups attached to an aromatic ring is 1. The Balaban J connectivity index is 1.92. The van der Waals surface area contributed by atoms with Crippen molar-refractivity contribution in [1.82, 2.24) is 9.97 Å². The van der Waals surface area contributed by atoms with E-state index in [-0.39, 0.29) is 11.4 Å². The minimum Gasteiger partial charge on any atom is -0.383 e. The molecule has 24 heavy (non-hydrogen) atoms. The predicted molar refractivity (Wildman–Crippen MR) is 94.4 cm³/mol. The molecule has 0 bridgehead atoms. The van der Waals surface area contributed by atoms with Crippen LogP contribution in [-0.2, 0) is 5.75 Å². The Hall–Kier alpha value is -2.80. The van der Waals surface area contributed by atoms with Crippen molar-refractivity contribution in [2.24, 2.45) is 0 Å². The SMILES string of the molecule is N#Cc1cc(C#N)c(SCc2cc3ccccc3nc2Cl)nc1N. The van der Waals surface area contributed by atoms with Gasteiger partial charge in [-0.15, -0.1) is 11.8 Å². The molecule has 0 aliphatic rings. The van der Waals surface area contributed by atoms with E-state index in [0.29, 0.717) is 21.5 Å². The van der Waals surface area contributed by atoms with Gasteiger partial charge < -0.3 is 5.73 Å². The molecular weight excluding hydrogens is 342 g/mol. The predicted octanol–water partition coefficient (Wildman–Crippen LogP) is 3.90. The van der Waals surface area contributed by atoms with Gasteiger partial charge in [-0.05, 0) is 18.2 Å². The fraction of sp³-hybridized carbons (Fsp3) is 0.0588. The van der Waals surface area contributed by atoms with Gasteiger partial charge in [0.2, 0.25) is 0 Å². The first kappa shape index (κ1) is 16.1. The van der Waals surface area contributed by atoms with Gasteiger partial charge in [-0.25, -0.2) is 9.97 Å². The normalized spacial score (nSPS) is 10.3. The number of benzene rings is 1. The average Bonchev–Trinajstić information content (AvgIpc) is 2.60. The second kappa shape index (κ2) is 6.76. The zero-order valence-electron chi connectivity index (χ0n) is 12.3. The van der Waals surface area contributed by atoms with Crippen LogP contribution in [0, 0.1) is 22.7 Å². The van der Waals surface area contributed by atoms with Crippen LogP contribution in [-0.4, -0.2) is 9.97 Å². The molecule has 0 fully saturated rings. The molecule has 0 saturated heterocycles. The van der Waals surface area contributed by atoms with Gasteiger partial charge in [0.25, 0.3) is 0 Å². The molecule has 5 nitrogen and oxygen atoms in total. The van der Waals surface area contributed by atoms with Gasteiger partial charge >= 0.3 is 0 Å². The summed E-state index contributed by atoms with van der Waals surface area (Å²) >= 11 is 7.58. The first-order valence-electron chi connectivity index (χ1n) is 6.90. The minimum atomic E-state index is 0.113. The summed E-state index contributed by atoms with van der Waals surface area (Å²) in [5.74, 6) is 0.602. The number of nitrogens with zero attached hydrogens (tertiary/aromatic N) is 4. The first-order valence-corrected chi connectivity index (χ1v) is 8.26. The summed E-state index contributed by atoms with van der Waals surface area (Å²) in [5, 5.41) is 20.1. The molecule has 3 aromatic rings. The number of hydrogen-bond donors (Lipinski definition) is 1. The lowest BCUT2D eigenvalue weighted by Gasteiger charge is -2.08. The first-order chi connectivity index (χ1) is 11.6. The number of para-hydroxylation sites is 1. The summed E-state index contributed by atoms with van der Waals surface area (Å²) in [7, 11) is 0. The van der Waals surface area contributed by atoms with Crippen LogP contribution < -0.4 is 5.73 Å². The Morgan fingerprint density at radius 1 is 1.08 bits per heavy atom. The number of nitrogens with two attached hydrogens (primary N) is 1. The van der Waals surface area contributed by atoms with Crippen molar-refractivity contribution in [2.45, 2.75) is 10.8 Å². The van der Waals surface area contributed by atoms with E-state index in [1.807, 2.05) is 42.5 Å². The molecule has 0 unspecified atom stereocenters. The van der Waals surface area contributed by atoms with E-state index in [1.165, 1.54) is 17.8 Å². The molecule has 7 heteroatoms. The van der Waals surface area contributed by atoms with Gasteiger partial charge in [-0.1, -0.05) is 29.8 Å². The van der Waals surface area contributed by atoms with Crippen molar-refractivity contribution in [1.29, 1.82) is 10.5 Å².